The number of anilines is 4. The van der Waals surface area contributed by atoms with Crippen molar-refractivity contribution in [2.75, 3.05) is 42.5 Å². The Bertz CT molecular complexity index is 1470. The van der Waals surface area contributed by atoms with Crippen molar-refractivity contribution in [3.05, 3.63) is 102 Å². The van der Waals surface area contributed by atoms with Crippen LogP contribution in [-0.2, 0) is 22.9 Å². The van der Waals surface area contributed by atoms with Crippen LogP contribution in [0.4, 0.5) is 22.9 Å². The quantitative estimate of drug-likeness (QED) is 0.295. The van der Waals surface area contributed by atoms with Crippen LogP contribution in [0.5, 0.6) is 0 Å². The second kappa shape index (κ2) is 12.9. The van der Waals surface area contributed by atoms with Crippen LogP contribution in [0.15, 0.2) is 83.8 Å². The zero-order valence-corrected chi connectivity index (χ0v) is 24.4. The predicted molar refractivity (Wildman–Crippen MR) is 164 cm³/mol. The van der Waals surface area contributed by atoms with Crippen molar-refractivity contribution in [1.29, 1.82) is 0 Å². The fourth-order valence-corrected chi connectivity index (χ4v) is 5.76. The highest BCUT2D eigenvalue weighted by Crippen LogP contribution is 2.35. The maximum absolute atomic E-state index is 12.1. The number of rotatable bonds is 7. The van der Waals surface area contributed by atoms with Gasteiger partial charge in [0, 0.05) is 35.4 Å². The van der Waals surface area contributed by atoms with Gasteiger partial charge >= 0.3 is 0 Å². The minimum Gasteiger partial charge on any atom is -0.399 e. The molecule has 1 aromatic heterocycles. The summed E-state index contributed by atoms with van der Waals surface area (Å²) in [5, 5.41) is 0. The molecule has 40 heavy (non-hydrogen) atoms. The third-order valence-corrected chi connectivity index (χ3v) is 7.98. The Morgan fingerprint density at radius 2 is 1.45 bits per heavy atom. The van der Waals surface area contributed by atoms with Crippen molar-refractivity contribution in [1.82, 2.24) is 14.9 Å². The van der Waals surface area contributed by atoms with E-state index in [9.17, 15) is 8.42 Å². The molecule has 0 aliphatic carbocycles. The van der Waals surface area contributed by atoms with Gasteiger partial charge in [-0.25, -0.2) is 18.4 Å². The summed E-state index contributed by atoms with van der Waals surface area (Å²) in [5.41, 5.74) is 12.5. The van der Waals surface area contributed by atoms with E-state index in [2.05, 4.69) is 87.1 Å². The number of benzene rings is 3. The summed E-state index contributed by atoms with van der Waals surface area (Å²) in [7, 11) is 0.627. The molecule has 210 valence electrons. The Morgan fingerprint density at radius 3 is 2.00 bits per heavy atom. The van der Waals surface area contributed by atoms with Crippen LogP contribution < -0.4 is 15.4 Å². The van der Waals surface area contributed by atoms with Crippen molar-refractivity contribution in [3.63, 3.8) is 0 Å². The first-order valence-electron chi connectivity index (χ1n) is 13.4. The molecule has 3 N–H and O–H groups in total. The van der Waals surface area contributed by atoms with E-state index < -0.39 is 10.0 Å². The number of para-hydroxylation sites is 2. The zero-order valence-electron chi connectivity index (χ0n) is 23.6. The van der Waals surface area contributed by atoms with Crippen LogP contribution in [0.1, 0.15) is 29.1 Å². The first-order valence-corrected chi connectivity index (χ1v) is 14.9. The van der Waals surface area contributed by atoms with E-state index in [0.717, 1.165) is 25.9 Å². The minimum atomic E-state index is -3.66. The lowest BCUT2D eigenvalue weighted by Crippen LogP contribution is -2.23. The molecule has 3 aromatic carbocycles. The SMILES string of the molecule is CN(C)CCCN1c2ccccc2CCc2ccccc21.Cc1cc(NS(=O)(=O)c2ccc(N)cc2)nc(C)n1. The molecule has 0 saturated carbocycles. The summed E-state index contributed by atoms with van der Waals surface area (Å²) in [5.74, 6) is 0.761. The van der Waals surface area contributed by atoms with Gasteiger partial charge in [0.25, 0.3) is 10.0 Å². The molecule has 1 aliphatic rings. The van der Waals surface area contributed by atoms with Gasteiger partial charge in [0.1, 0.15) is 11.6 Å². The smallest absolute Gasteiger partial charge is 0.263 e. The molecule has 5 rings (SSSR count). The molecule has 4 aromatic rings. The molecule has 0 amide bonds. The van der Waals surface area contributed by atoms with E-state index in [4.69, 9.17) is 5.73 Å². The summed E-state index contributed by atoms with van der Waals surface area (Å²) in [6, 6.07) is 25.3. The first-order chi connectivity index (χ1) is 19.1. The Balaban J connectivity index is 0.000000186. The molecule has 0 saturated heterocycles. The van der Waals surface area contributed by atoms with Crippen LogP contribution in [0.2, 0.25) is 0 Å². The number of nitrogens with zero attached hydrogens (tertiary/aromatic N) is 4. The van der Waals surface area contributed by atoms with Gasteiger partial charge in [-0.2, -0.15) is 0 Å². The molecule has 0 atom stereocenters. The second-order valence-electron chi connectivity index (χ2n) is 10.2. The third-order valence-electron chi connectivity index (χ3n) is 6.61. The predicted octanol–water partition coefficient (Wildman–Crippen LogP) is 5.35. The number of fused-ring (bicyclic) bond motifs is 2. The van der Waals surface area contributed by atoms with Gasteiger partial charge in [-0.15, -0.1) is 0 Å². The van der Waals surface area contributed by atoms with Gasteiger partial charge in [0.2, 0.25) is 0 Å². The van der Waals surface area contributed by atoms with Crippen molar-refractivity contribution >= 4 is 32.9 Å². The molecule has 0 fully saturated rings. The van der Waals surface area contributed by atoms with Crippen molar-refractivity contribution in [2.45, 2.75) is 38.0 Å². The normalized spacial score (nSPS) is 12.6. The third kappa shape index (κ3) is 7.58. The topological polar surface area (TPSA) is 104 Å². The molecule has 0 bridgehead atoms. The highest BCUT2D eigenvalue weighted by atomic mass is 32.2. The molecule has 1 aliphatic heterocycles. The monoisotopic (exact) mass is 558 g/mol. The fourth-order valence-electron chi connectivity index (χ4n) is 4.77. The summed E-state index contributed by atoms with van der Waals surface area (Å²) in [6.07, 6.45) is 3.45. The van der Waals surface area contributed by atoms with Crippen molar-refractivity contribution in [2.24, 2.45) is 0 Å². The largest absolute Gasteiger partial charge is 0.399 e. The van der Waals surface area contributed by atoms with Crippen molar-refractivity contribution in [3.8, 4) is 0 Å². The summed E-state index contributed by atoms with van der Waals surface area (Å²) < 4.78 is 26.7. The lowest BCUT2D eigenvalue weighted by atomic mass is 10.0. The number of sulfonamides is 1. The lowest BCUT2D eigenvalue weighted by molar-refractivity contribution is 0.402. The summed E-state index contributed by atoms with van der Waals surface area (Å²) in [6.45, 7) is 5.68. The van der Waals surface area contributed by atoms with E-state index in [1.165, 1.54) is 53.2 Å². The molecule has 2 heterocycles. The number of nitrogens with one attached hydrogen (secondary N) is 1. The van der Waals surface area contributed by atoms with E-state index in [-0.39, 0.29) is 10.7 Å². The van der Waals surface area contributed by atoms with Crippen molar-refractivity contribution < 1.29 is 8.42 Å². The number of hydrogen-bond donors (Lipinski definition) is 2. The van der Waals surface area contributed by atoms with Gasteiger partial charge in [-0.1, -0.05) is 36.4 Å². The number of nitrogens with two attached hydrogens (primary N) is 1. The Hall–Kier alpha value is -3.95. The maximum Gasteiger partial charge on any atom is 0.263 e. The maximum atomic E-state index is 12.1. The Kier molecular flexibility index (Phi) is 9.39. The van der Waals surface area contributed by atoms with Crippen LogP contribution in [0.3, 0.4) is 0 Å². The van der Waals surface area contributed by atoms with Gasteiger partial charge in [-0.05, 0) is 101 Å². The van der Waals surface area contributed by atoms with Crippen LogP contribution in [0.25, 0.3) is 0 Å². The molecule has 8 nitrogen and oxygen atoms in total. The molecule has 0 radical (unpaired) electrons. The van der Waals surface area contributed by atoms with Crippen LogP contribution in [-0.4, -0.2) is 50.5 Å². The molecule has 9 heteroatoms. The highest BCUT2D eigenvalue weighted by molar-refractivity contribution is 7.92. The fraction of sp³-hybridized carbons (Fsp3) is 0.290. The zero-order chi connectivity index (χ0) is 28.7. The number of aryl methyl sites for hydroxylation is 4. The number of nitrogen functional groups attached to an aromatic ring is 1. The molecule has 0 unspecified atom stereocenters. The minimum absolute atomic E-state index is 0.135. The second-order valence-corrected chi connectivity index (χ2v) is 11.9. The van der Waals surface area contributed by atoms with Crippen LogP contribution >= 0.6 is 0 Å². The average molecular weight is 559 g/mol. The average Bonchev–Trinajstić information content (AvgIpc) is 3.05. The van der Waals surface area contributed by atoms with Crippen LogP contribution in [0, 0.1) is 13.8 Å². The highest BCUT2D eigenvalue weighted by Gasteiger charge is 2.19. The Morgan fingerprint density at radius 1 is 0.875 bits per heavy atom. The lowest BCUT2D eigenvalue weighted by Gasteiger charge is -2.27. The molecule has 0 spiro atoms. The molecular weight excluding hydrogens is 520 g/mol. The van der Waals surface area contributed by atoms with E-state index >= 15 is 0 Å². The van der Waals surface area contributed by atoms with E-state index in [0.29, 0.717) is 17.2 Å². The summed E-state index contributed by atoms with van der Waals surface area (Å²) >= 11 is 0. The number of hydrogen-bond acceptors (Lipinski definition) is 7. The van der Waals surface area contributed by atoms with Gasteiger partial charge in [0.15, 0.2) is 0 Å². The molecular formula is C31H38N6O2S. The van der Waals surface area contributed by atoms with Gasteiger partial charge in [0.05, 0.1) is 4.90 Å². The Labute approximate surface area is 237 Å². The van der Waals surface area contributed by atoms with E-state index in [1.807, 2.05) is 0 Å². The number of aromatic nitrogens is 2. The van der Waals surface area contributed by atoms with Gasteiger partial charge < -0.3 is 15.5 Å². The first kappa shape index (κ1) is 29.0. The van der Waals surface area contributed by atoms with Gasteiger partial charge in [-0.3, -0.25) is 4.72 Å². The summed E-state index contributed by atoms with van der Waals surface area (Å²) in [4.78, 5) is 13.0. The standard InChI is InChI=1S/C19H24N2.C12H14N4O2S/c1-20(2)14-7-15-21-18-10-5-3-8-16(18)12-13-17-9-4-6-11-19(17)21;1-8-7-12(15-9(2)14-8)16-19(17,18)11-5-3-10(13)4-6-11/h3-6,8-11H,7,12-15H2,1-2H3;3-7H,13H2,1-2H3,(H,14,15,16). The van der Waals surface area contributed by atoms with E-state index in [1.54, 1.807) is 19.9 Å².